The SMILES string of the molecule is CCC(CC)(Cc1nc(-c2cccc(C)n2)no1)C(=O)O. The maximum atomic E-state index is 11.5. The molecule has 2 rings (SSSR count). The van der Waals surface area contributed by atoms with Gasteiger partial charge in [-0.1, -0.05) is 25.1 Å². The lowest BCUT2D eigenvalue weighted by molar-refractivity contribution is -0.149. The second-order valence-electron chi connectivity index (χ2n) is 5.15. The van der Waals surface area contributed by atoms with E-state index in [4.69, 9.17) is 4.52 Å². The molecule has 0 bridgehead atoms. The Morgan fingerprint density at radius 3 is 2.57 bits per heavy atom. The van der Waals surface area contributed by atoms with E-state index in [1.807, 2.05) is 32.9 Å². The average molecular weight is 289 g/mol. The monoisotopic (exact) mass is 289 g/mol. The topological polar surface area (TPSA) is 89.1 Å². The van der Waals surface area contributed by atoms with Crippen LogP contribution in [0.4, 0.5) is 0 Å². The van der Waals surface area contributed by atoms with Crippen molar-refractivity contribution < 1.29 is 14.4 Å². The molecule has 0 spiro atoms. The average Bonchev–Trinajstić information content (AvgIpc) is 2.93. The fraction of sp³-hybridized carbons (Fsp3) is 0.467. The van der Waals surface area contributed by atoms with Crippen LogP contribution in [0, 0.1) is 12.3 Å². The van der Waals surface area contributed by atoms with Gasteiger partial charge in [0.15, 0.2) is 0 Å². The zero-order valence-corrected chi connectivity index (χ0v) is 12.5. The van der Waals surface area contributed by atoms with Crippen LogP contribution in [0.15, 0.2) is 22.7 Å². The Morgan fingerprint density at radius 2 is 2.00 bits per heavy atom. The van der Waals surface area contributed by atoms with E-state index in [0.717, 1.165) is 5.69 Å². The van der Waals surface area contributed by atoms with Crippen molar-refractivity contribution in [2.24, 2.45) is 5.41 Å². The van der Waals surface area contributed by atoms with Gasteiger partial charge in [0, 0.05) is 12.1 Å². The van der Waals surface area contributed by atoms with E-state index >= 15 is 0 Å². The Hall–Kier alpha value is -2.24. The predicted octanol–water partition coefficient (Wildman–Crippen LogP) is 2.87. The predicted molar refractivity (Wildman–Crippen MR) is 76.6 cm³/mol. The van der Waals surface area contributed by atoms with Crippen molar-refractivity contribution >= 4 is 5.97 Å². The van der Waals surface area contributed by atoms with E-state index in [9.17, 15) is 9.90 Å². The van der Waals surface area contributed by atoms with Crippen molar-refractivity contribution in [2.75, 3.05) is 0 Å². The summed E-state index contributed by atoms with van der Waals surface area (Å²) in [6.45, 7) is 5.60. The molecule has 0 saturated heterocycles. The molecular weight excluding hydrogens is 270 g/mol. The van der Waals surface area contributed by atoms with Gasteiger partial charge in [0.05, 0.1) is 5.41 Å². The van der Waals surface area contributed by atoms with Crippen LogP contribution in [0.3, 0.4) is 0 Å². The Morgan fingerprint density at radius 1 is 1.29 bits per heavy atom. The summed E-state index contributed by atoms with van der Waals surface area (Å²) in [4.78, 5) is 20.1. The van der Waals surface area contributed by atoms with Gasteiger partial charge in [0.1, 0.15) is 5.69 Å². The first-order chi connectivity index (χ1) is 10.0. The minimum Gasteiger partial charge on any atom is -0.481 e. The van der Waals surface area contributed by atoms with Gasteiger partial charge in [-0.2, -0.15) is 4.98 Å². The summed E-state index contributed by atoms with van der Waals surface area (Å²) >= 11 is 0. The highest BCUT2D eigenvalue weighted by molar-refractivity contribution is 5.74. The van der Waals surface area contributed by atoms with Gasteiger partial charge in [0.2, 0.25) is 11.7 Å². The molecule has 0 aliphatic carbocycles. The molecule has 0 aliphatic heterocycles. The maximum Gasteiger partial charge on any atom is 0.310 e. The van der Waals surface area contributed by atoms with Crippen molar-refractivity contribution in [2.45, 2.75) is 40.0 Å². The van der Waals surface area contributed by atoms with Crippen LogP contribution in [-0.2, 0) is 11.2 Å². The van der Waals surface area contributed by atoms with Crippen LogP contribution >= 0.6 is 0 Å². The van der Waals surface area contributed by atoms with Crippen LogP contribution in [-0.4, -0.2) is 26.2 Å². The third-order valence-corrected chi connectivity index (χ3v) is 3.88. The summed E-state index contributed by atoms with van der Waals surface area (Å²) in [5.74, 6) is -0.111. The molecule has 0 unspecified atom stereocenters. The third kappa shape index (κ3) is 3.09. The molecule has 2 heterocycles. The van der Waals surface area contributed by atoms with E-state index < -0.39 is 11.4 Å². The maximum absolute atomic E-state index is 11.5. The summed E-state index contributed by atoms with van der Waals surface area (Å²) < 4.78 is 5.20. The molecule has 0 aromatic carbocycles. The van der Waals surface area contributed by atoms with Crippen molar-refractivity contribution in [3.05, 3.63) is 29.8 Å². The van der Waals surface area contributed by atoms with Crippen LogP contribution in [0.5, 0.6) is 0 Å². The van der Waals surface area contributed by atoms with Gasteiger partial charge >= 0.3 is 5.97 Å². The highest BCUT2D eigenvalue weighted by atomic mass is 16.5. The van der Waals surface area contributed by atoms with E-state index in [1.54, 1.807) is 6.07 Å². The number of hydrogen-bond donors (Lipinski definition) is 1. The van der Waals surface area contributed by atoms with Gasteiger partial charge < -0.3 is 9.63 Å². The standard InChI is InChI=1S/C15H19N3O3/c1-4-15(5-2,14(19)20)9-12-17-13(18-21-12)11-8-6-7-10(3)16-11/h6-8H,4-5,9H2,1-3H3,(H,19,20). The molecule has 0 atom stereocenters. The summed E-state index contributed by atoms with van der Waals surface area (Å²) in [7, 11) is 0. The quantitative estimate of drug-likeness (QED) is 0.879. The number of rotatable bonds is 6. The Balaban J connectivity index is 2.26. The number of aryl methyl sites for hydroxylation is 1. The van der Waals surface area contributed by atoms with Crippen molar-refractivity contribution in [3.63, 3.8) is 0 Å². The Labute approximate surface area is 123 Å². The molecule has 6 nitrogen and oxygen atoms in total. The number of carboxylic acid groups (broad SMARTS) is 1. The van der Waals surface area contributed by atoms with Crippen LogP contribution < -0.4 is 0 Å². The highest BCUT2D eigenvalue weighted by Gasteiger charge is 2.37. The lowest BCUT2D eigenvalue weighted by Crippen LogP contribution is -2.32. The van der Waals surface area contributed by atoms with Gasteiger partial charge in [0.25, 0.3) is 0 Å². The van der Waals surface area contributed by atoms with E-state index in [-0.39, 0.29) is 6.42 Å². The molecule has 2 aromatic heterocycles. The Bertz CT molecular complexity index is 633. The number of carbonyl (C=O) groups is 1. The summed E-state index contributed by atoms with van der Waals surface area (Å²) in [6.07, 6.45) is 1.26. The molecule has 21 heavy (non-hydrogen) atoms. The molecule has 2 aromatic rings. The van der Waals surface area contributed by atoms with Crippen LogP contribution in [0.1, 0.15) is 38.3 Å². The van der Waals surface area contributed by atoms with E-state index in [1.165, 1.54) is 0 Å². The normalized spacial score (nSPS) is 11.6. The first-order valence-corrected chi connectivity index (χ1v) is 7.00. The third-order valence-electron chi connectivity index (χ3n) is 3.88. The number of aliphatic carboxylic acids is 1. The Kier molecular flexibility index (Phi) is 4.35. The largest absolute Gasteiger partial charge is 0.481 e. The summed E-state index contributed by atoms with van der Waals surface area (Å²) in [6, 6.07) is 5.55. The minimum absolute atomic E-state index is 0.230. The van der Waals surface area contributed by atoms with Gasteiger partial charge in [-0.25, -0.2) is 4.98 Å². The number of carboxylic acids is 1. The fourth-order valence-electron chi connectivity index (χ4n) is 2.27. The lowest BCUT2D eigenvalue weighted by Gasteiger charge is -2.24. The molecule has 1 N–H and O–H groups in total. The number of aromatic nitrogens is 3. The molecule has 0 radical (unpaired) electrons. The van der Waals surface area contributed by atoms with Gasteiger partial charge in [-0.3, -0.25) is 4.79 Å². The molecule has 112 valence electrons. The smallest absolute Gasteiger partial charge is 0.310 e. The van der Waals surface area contributed by atoms with Crippen LogP contribution in [0.25, 0.3) is 11.5 Å². The fourth-order valence-corrected chi connectivity index (χ4v) is 2.27. The number of hydrogen-bond acceptors (Lipinski definition) is 5. The first-order valence-electron chi connectivity index (χ1n) is 7.00. The summed E-state index contributed by atoms with van der Waals surface area (Å²) in [5.41, 5.74) is 0.629. The highest BCUT2D eigenvalue weighted by Crippen LogP contribution is 2.31. The van der Waals surface area contributed by atoms with Crippen molar-refractivity contribution in [1.29, 1.82) is 0 Å². The van der Waals surface area contributed by atoms with Gasteiger partial charge in [-0.05, 0) is 31.9 Å². The zero-order chi connectivity index (χ0) is 15.5. The number of nitrogens with zero attached hydrogens (tertiary/aromatic N) is 3. The molecule has 0 aliphatic rings. The lowest BCUT2D eigenvalue weighted by atomic mass is 9.79. The van der Waals surface area contributed by atoms with Crippen molar-refractivity contribution in [3.8, 4) is 11.5 Å². The van der Waals surface area contributed by atoms with E-state index in [2.05, 4.69) is 15.1 Å². The molecule has 6 heteroatoms. The first kappa shape index (κ1) is 15.2. The van der Waals surface area contributed by atoms with Gasteiger partial charge in [-0.15, -0.1) is 0 Å². The molecule has 0 amide bonds. The second-order valence-corrected chi connectivity index (χ2v) is 5.15. The molecule has 0 fully saturated rings. The summed E-state index contributed by atoms with van der Waals surface area (Å²) in [5, 5.41) is 13.3. The minimum atomic E-state index is -0.857. The number of pyridine rings is 1. The molecule has 0 saturated carbocycles. The van der Waals surface area contributed by atoms with Crippen LogP contribution in [0.2, 0.25) is 0 Å². The second kappa shape index (κ2) is 6.03. The zero-order valence-electron chi connectivity index (χ0n) is 12.5. The van der Waals surface area contributed by atoms with Crippen molar-refractivity contribution in [1.82, 2.24) is 15.1 Å². The molecular formula is C15H19N3O3. The van der Waals surface area contributed by atoms with E-state index in [0.29, 0.717) is 30.3 Å².